The summed E-state index contributed by atoms with van der Waals surface area (Å²) in [4.78, 5) is 0. The van der Waals surface area contributed by atoms with Crippen molar-refractivity contribution in [1.82, 2.24) is 0 Å². The van der Waals surface area contributed by atoms with Crippen LogP contribution in [-0.2, 0) is 4.74 Å². The Morgan fingerprint density at radius 3 is 2.21 bits per heavy atom. The Labute approximate surface area is 89.2 Å². The van der Waals surface area contributed by atoms with Gasteiger partial charge in [0.2, 0.25) is 0 Å². The Morgan fingerprint density at radius 2 is 1.86 bits per heavy atom. The van der Waals surface area contributed by atoms with E-state index < -0.39 is 0 Å². The van der Waals surface area contributed by atoms with Gasteiger partial charge in [0, 0.05) is 0 Å². The van der Waals surface area contributed by atoms with Crippen LogP contribution in [0.3, 0.4) is 0 Å². The Balaban J connectivity index is 2.45. The van der Waals surface area contributed by atoms with E-state index in [2.05, 4.69) is 41.5 Å². The van der Waals surface area contributed by atoms with Crippen LogP contribution in [0, 0.1) is 10.8 Å². The fourth-order valence-corrected chi connectivity index (χ4v) is 2.41. The summed E-state index contributed by atoms with van der Waals surface area (Å²) in [5.74, 6) is 0. The molecule has 1 heterocycles. The van der Waals surface area contributed by atoms with Crippen LogP contribution in [0.2, 0.25) is 0 Å². The molecule has 0 aromatic rings. The van der Waals surface area contributed by atoms with Crippen molar-refractivity contribution in [2.45, 2.75) is 73.0 Å². The molecule has 2 atom stereocenters. The van der Waals surface area contributed by atoms with E-state index in [4.69, 9.17) is 4.74 Å². The lowest BCUT2D eigenvalue weighted by atomic mass is 9.79. The zero-order valence-corrected chi connectivity index (χ0v) is 10.7. The molecule has 0 saturated carbocycles. The normalized spacial score (nSPS) is 32.1. The summed E-state index contributed by atoms with van der Waals surface area (Å²) in [5.41, 5.74) is 0.815. The number of hydrogen-bond acceptors (Lipinski definition) is 1. The van der Waals surface area contributed by atoms with Gasteiger partial charge in [0.25, 0.3) is 0 Å². The first-order valence-corrected chi connectivity index (χ1v) is 5.86. The van der Waals surface area contributed by atoms with Gasteiger partial charge in [0.1, 0.15) is 0 Å². The third kappa shape index (κ3) is 3.27. The summed E-state index contributed by atoms with van der Waals surface area (Å²) in [6, 6.07) is 0. The minimum absolute atomic E-state index is 0.380. The third-order valence-electron chi connectivity index (χ3n) is 3.24. The molecule has 0 N–H and O–H groups in total. The van der Waals surface area contributed by atoms with Gasteiger partial charge in [-0.05, 0) is 37.0 Å². The lowest BCUT2D eigenvalue weighted by Crippen LogP contribution is -2.25. The van der Waals surface area contributed by atoms with Gasteiger partial charge in [-0.15, -0.1) is 0 Å². The van der Waals surface area contributed by atoms with Crippen molar-refractivity contribution < 1.29 is 4.74 Å². The molecule has 0 spiro atoms. The molecule has 84 valence electrons. The highest BCUT2D eigenvalue weighted by atomic mass is 16.5. The minimum Gasteiger partial charge on any atom is -0.375 e. The summed E-state index contributed by atoms with van der Waals surface area (Å²) in [6.07, 6.45) is 4.60. The van der Waals surface area contributed by atoms with Crippen molar-refractivity contribution in [3.05, 3.63) is 0 Å². The molecule has 1 aliphatic heterocycles. The van der Waals surface area contributed by atoms with Crippen LogP contribution >= 0.6 is 0 Å². The monoisotopic (exact) mass is 198 g/mol. The van der Waals surface area contributed by atoms with Crippen LogP contribution in [-0.4, -0.2) is 12.2 Å². The minimum atomic E-state index is 0.380. The van der Waals surface area contributed by atoms with E-state index in [0.29, 0.717) is 23.0 Å². The lowest BCUT2D eigenvalue weighted by Gasteiger charge is -2.28. The lowest BCUT2D eigenvalue weighted by molar-refractivity contribution is 0.0151. The summed E-state index contributed by atoms with van der Waals surface area (Å²) in [7, 11) is 0. The molecule has 1 rings (SSSR count). The van der Waals surface area contributed by atoms with Crippen LogP contribution in [0.4, 0.5) is 0 Å². The van der Waals surface area contributed by atoms with Gasteiger partial charge in [0.15, 0.2) is 0 Å². The van der Waals surface area contributed by atoms with Gasteiger partial charge in [-0.2, -0.15) is 0 Å². The first-order valence-electron chi connectivity index (χ1n) is 5.86. The molecule has 1 fully saturated rings. The SMILES string of the molecule is C[C@H]1CC(C)(C)C(CCC(C)(C)C)O1. The van der Waals surface area contributed by atoms with E-state index in [9.17, 15) is 0 Å². The highest BCUT2D eigenvalue weighted by Crippen LogP contribution is 2.41. The van der Waals surface area contributed by atoms with Gasteiger partial charge in [0.05, 0.1) is 12.2 Å². The van der Waals surface area contributed by atoms with Crippen molar-refractivity contribution in [3.63, 3.8) is 0 Å². The molecule has 0 aliphatic carbocycles. The zero-order valence-electron chi connectivity index (χ0n) is 10.7. The second-order valence-electron chi connectivity index (χ2n) is 6.73. The molecule has 14 heavy (non-hydrogen) atoms. The van der Waals surface area contributed by atoms with Gasteiger partial charge in [-0.3, -0.25) is 0 Å². The van der Waals surface area contributed by atoms with Crippen LogP contribution in [0.25, 0.3) is 0 Å². The predicted octanol–water partition coefficient (Wildman–Crippen LogP) is 4.02. The Kier molecular flexibility index (Phi) is 3.30. The molecule has 0 radical (unpaired) electrons. The topological polar surface area (TPSA) is 9.23 Å². The molecule has 0 aromatic carbocycles. The molecule has 0 bridgehead atoms. The van der Waals surface area contributed by atoms with Crippen LogP contribution < -0.4 is 0 Å². The third-order valence-corrected chi connectivity index (χ3v) is 3.24. The summed E-state index contributed by atoms with van der Waals surface area (Å²) >= 11 is 0. The van der Waals surface area contributed by atoms with Crippen molar-refractivity contribution in [1.29, 1.82) is 0 Å². The smallest absolute Gasteiger partial charge is 0.0630 e. The molecule has 1 aliphatic rings. The second-order valence-corrected chi connectivity index (χ2v) is 6.73. The van der Waals surface area contributed by atoms with Crippen LogP contribution in [0.15, 0.2) is 0 Å². The highest BCUT2D eigenvalue weighted by molar-refractivity contribution is 4.88. The Morgan fingerprint density at radius 1 is 1.29 bits per heavy atom. The van der Waals surface area contributed by atoms with Gasteiger partial charge in [-0.1, -0.05) is 34.6 Å². The molecule has 1 saturated heterocycles. The molecule has 0 aromatic heterocycles. The number of hydrogen-bond donors (Lipinski definition) is 0. The van der Waals surface area contributed by atoms with E-state index in [0.717, 1.165) is 0 Å². The molecular formula is C13H26O. The van der Waals surface area contributed by atoms with E-state index in [-0.39, 0.29) is 0 Å². The fraction of sp³-hybridized carbons (Fsp3) is 1.00. The van der Waals surface area contributed by atoms with E-state index in [1.54, 1.807) is 0 Å². The summed E-state index contributed by atoms with van der Waals surface area (Å²) in [6.45, 7) is 13.8. The average molecular weight is 198 g/mol. The maximum atomic E-state index is 5.97. The molecular weight excluding hydrogens is 172 g/mol. The number of ether oxygens (including phenoxy) is 1. The van der Waals surface area contributed by atoms with E-state index in [1.165, 1.54) is 19.3 Å². The molecule has 1 nitrogen and oxygen atoms in total. The van der Waals surface area contributed by atoms with Gasteiger partial charge >= 0.3 is 0 Å². The van der Waals surface area contributed by atoms with E-state index >= 15 is 0 Å². The van der Waals surface area contributed by atoms with Gasteiger partial charge in [-0.25, -0.2) is 0 Å². The summed E-state index contributed by atoms with van der Waals surface area (Å²) in [5, 5.41) is 0. The largest absolute Gasteiger partial charge is 0.375 e. The maximum absolute atomic E-state index is 5.97. The number of rotatable bonds is 2. The maximum Gasteiger partial charge on any atom is 0.0630 e. The Bertz CT molecular complexity index is 188. The second kappa shape index (κ2) is 3.84. The van der Waals surface area contributed by atoms with Crippen molar-refractivity contribution >= 4 is 0 Å². The highest BCUT2D eigenvalue weighted by Gasteiger charge is 2.39. The van der Waals surface area contributed by atoms with Crippen molar-refractivity contribution in [2.24, 2.45) is 10.8 Å². The quantitative estimate of drug-likeness (QED) is 0.651. The predicted molar refractivity (Wildman–Crippen MR) is 61.4 cm³/mol. The van der Waals surface area contributed by atoms with Crippen molar-refractivity contribution in [3.8, 4) is 0 Å². The Hall–Kier alpha value is -0.0400. The molecule has 0 amide bonds. The first kappa shape index (κ1) is 12.0. The van der Waals surface area contributed by atoms with Crippen LogP contribution in [0.5, 0.6) is 0 Å². The summed E-state index contributed by atoms with van der Waals surface area (Å²) < 4.78 is 5.97. The van der Waals surface area contributed by atoms with Crippen LogP contribution in [0.1, 0.15) is 60.8 Å². The van der Waals surface area contributed by atoms with Gasteiger partial charge < -0.3 is 4.74 Å². The van der Waals surface area contributed by atoms with Crippen molar-refractivity contribution in [2.75, 3.05) is 0 Å². The standard InChI is InChI=1S/C13H26O/c1-10-9-13(5,6)11(14-10)7-8-12(2,3)4/h10-11H,7-9H2,1-6H3/t10-,11?/m0/s1. The first-order chi connectivity index (χ1) is 6.21. The fourth-order valence-electron chi connectivity index (χ4n) is 2.41. The molecule has 1 unspecified atom stereocenters. The average Bonchev–Trinajstić information content (AvgIpc) is 2.18. The zero-order chi connectivity index (χ0) is 11.0. The molecule has 1 heteroatoms. The van der Waals surface area contributed by atoms with E-state index in [1.807, 2.05) is 0 Å².